The summed E-state index contributed by atoms with van der Waals surface area (Å²) in [5.41, 5.74) is 0. The number of rotatable bonds is 5. The van der Waals surface area contributed by atoms with Crippen molar-refractivity contribution >= 4 is 7.81 Å². The zero-order valence-electron chi connectivity index (χ0n) is 9.70. The van der Waals surface area contributed by atoms with E-state index in [2.05, 4.69) is 26.1 Å². The van der Waals surface area contributed by atoms with Crippen molar-refractivity contribution in [2.45, 2.75) is 46.1 Å². The van der Waals surface area contributed by atoms with Crippen LogP contribution in [-0.4, -0.2) is 12.6 Å². The van der Waals surface area contributed by atoms with Crippen molar-refractivity contribution in [3.05, 3.63) is 0 Å². The maximum absolute atomic E-state index is 10.7. The van der Waals surface area contributed by atoms with Crippen molar-refractivity contribution in [3.63, 3.8) is 0 Å². The second-order valence-electron chi connectivity index (χ2n) is 3.56. The van der Waals surface area contributed by atoms with Crippen molar-refractivity contribution in [1.82, 2.24) is 0 Å². The molecule has 0 aliphatic rings. The summed E-state index contributed by atoms with van der Waals surface area (Å²) < 4.78 is 59.2. The first-order valence-electron chi connectivity index (χ1n) is 5.19. The summed E-state index contributed by atoms with van der Waals surface area (Å²) in [6.45, 7) is 8.06. The van der Waals surface area contributed by atoms with E-state index in [9.17, 15) is 25.2 Å². The molecule has 0 heterocycles. The van der Waals surface area contributed by atoms with Gasteiger partial charge in [0.2, 0.25) is 0 Å². The van der Waals surface area contributed by atoms with Gasteiger partial charge in [-0.1, -0.05) is 20.8 Å². The first-order valence-corrected chi connectivity index (χ1v) is 7.22. The standard InChI is InChI=1S/C8H19N.F6P/c1-4-7-9-8(5-2)6-3;1-7(2,3,4,5)6/h8-9H,4-7H2,1-3H3;/q;-1/p+1. The summed E-state index contributed by atoms with van der Waals surface area (Å²) in [6.07, 6.45) is 3.93. The average Bonchev–Trinajstić information content (AvgIpc) is 2.01. The topological polar surface area (TPSA) is 16.6 Å². The van der Waals surface area contributed by atoms with Crippen LogP contribution in [0.25, 0.3) is 0 Å². The van der Waals surface area contributed by atoms with E-state index in [1.165, 1.54) is 25.8 Å². The normalized spacial score (nSPS) is 16.1. The Hall–Kier alpha value is -0.0300. The van der Waals surface area contributed by atoms with Gasteiger partial charge in [-0.2, -0.15) is 0 Å². The second kappa shape index (κ2) is 5.54. The quantitative estimate of drug-likeness (QED) is 0.560. The Morgan fingerprint density at radius 1 is 0.875 bits per heavy atom. The van der Waals surface area contributed by atoms with Crippen molar-refractivity contribution < 1.29 is 30.5 Å². The Balaban J connectivity index is 0. The molecule has 1 nitrogen and oxygen atoms in total. The Labute approximate surface area is 91.8 Å². The third kappa shape index (κ3) is 37.0. The number of hydrogen-bond donors (Lipinski definition) is 1. The number of hydrogen-bond acceptors (Lipinski definition) is 0. The summed E-state index contributed by atoms with van der Waals surface area (Å²) in [5, 5.41) is 2.46. The molecule has 0 aromatic heterocycles. The van der Waals surface area contributed by atoms with Gasteiger partial charge in [-0.25, -0.2) is 0 Å². The molecule has 0 unspecified atom stereocenters. The van der Waals surface area contributed by atoms with Crippen LogP contribution in [0.3, 0.4) is 0 Å². The van der Waals surface area contributed by atoms with Gasteiger partial charge in [0, 0.05) is 0 Å². The molecule has 0 aliphatic heterocycles. The van der Waals surface area contributed by atoms with Crippen LogP contribution in [0.4, 0.5) is 25.2 Å². The van der Waals surface area contributed by atoms with E-state index in [0.717, 1.165) is 6.04 Å². The van der Waals surface area contributed by atoms with Crippen LogP contribution in [-0.2, 0) is 0 Å². The summed E-state index contributed by atoms with van der Waals surface area (Å²) >= 11 is 0. The van der Waals surface area contributed by atoms with Crippen LogP contribution in [0.2, 0.25) is 0 Å². The third-order valence-corrected chi connectivity index (χ3v) is 1.84. The molecular formula is C8H20F6NP. The van der Waals surface area contributed by atoms with Crippen LogP contribution >= 0.6 is 7.81 Å². The predicted molar refractivity (Wildman–Crippen MR) is 55.0 cm³/mol. The Kier molecular flexibility index (Phi) is 6.35. The molecule has 0 aromatic rings. The molecule has 16 heavy (non-hydrogen) atoms. The molecule has 0 saturated heterocycles. The van der Waals surface area contributed by atoms with Gasteiger partial charge < -0.3 is 5.32 Å². The number of nitrogens with two attached hydrogens (primary N) is 1. The molecule has 0 radical (unpaired) electrons. The van der Waals surface area contributed by atoms with E-state index in [4.69, 9.17) is 0 Å². The fourth-order valence-corrected chi connectivity index (χ4v) is 1.02. The fraction of sp³-hybridized carbons (Fsp3) is 1.00. The van der Waals surface area contributed by atoms with Gasteiger partial charge in [-0.3, -0.25) is 0 Å². The minimum atomic E-state index is -10.7. The third-order valence-electron chi connectivity index (χ3n) is 1.84. The van der Waals surface area contributed by atoms with Crippen molar-refractivity contribution in [1.29, 1.82) is 0 Å². The molecule has 8 heteroatoms. The van der Waals surface area contributed by atoms with Crippen LogP contribution in [0, 0.1) is 0 Å². The van der Waals surface area contributed by atoms with Crippen LogP contribution in [0.1, 0.15) is 40.0 Å². The van der Waals surface area contributed by atoms with Gasteiger partial charge in [0.05, 0.1) is 12.6 Å². The molecule has 0 saturated carbocycles. The minimum absolute atomic E-state index is 0.880. The SMILES string of the molecule is CCC[NH2+]C(CC)CC.F[P-](F)(F)(F)(F)F. The summed E-state index contributed by atoms with van der Waals surface area (Å²) in [5.74, 6) is 0. The molecule has 2 N–H and O–H groups in total. The second-order valence-corrected chi connectivity index (χ2v) is 5.48. The first-order chi connectivity index (χ1) is 6.80. The van der Waals surface area contributed by atoms with Gasteiger partial charge in [0.15, 0.2) is 0 Å². The molecule has 0 spiro atoms. The van der Waals surface area contributed by atoms with Crippen LogP contribution in [0.15, 0.2) is 0 Å². The number of quaternary nitrogens is 1. The van der Waals surface area contributed by atoms with Crippen molar-refractivity contribution in [2.24, 2.45) is 0 Å². The molecule has 0 amide bonds. The average molecular weight is 275 g/mol. The molecular weight excluding hydrogens is 255 g/mol. The van der Waals surface area contributed by atoms with E-state index < -0.39 is 7.81 Å². The number of halogens is 6. The molecule has 0 aromatic carbocycles. The molecule has 104 valence electrons. The summed E-state index contributed by atoms with van der Waals surface area (Å²) in [4.78, 5) is 0. The zero-order chi connectivity index (χ0) is 13.5. The first kappa shape index (κ1) is 18.3. The van der Waals surface area contributed by atoms with Crippen LogP contribution in [0.5, 0.6) is 0 Å². The van der Waals surface area contributed by atoms with Gasteiger partial charge in [-0.05, 0) is 19.3 Å². The van der Waals surface area contributed by atoms with Gasteiger partial charge in [-0.15, -0.1) is 0 Å². The zero-order valence-corrected chi connectivity index (χ0v) is 10.6. The van der Waals surface area contributed by atoms with E-state index in [-0.39, 0.29) is 0 Å². The van der Waals surface area contributed by atoms with Gasteiger partial charge >= 0.3 is 33.0 Å². The maximum atomic E-state index is 9.87. The molecule has 0 bridgehead atoms. The predicted octanol–water partition coefficient (Wildman–Crippen LogP) is 4.53. The van der Waals surface area contributed by atoms with Crippen LogP contribution < -0.4 is 5.32 Å². The van der Waals surface area contributed by atoms with E-state index >= 15 is 0 Å². The molecule has 0 atom stereocenters. The molecule has 0 aliphatic carbocycles. The van der Waals surface area contributed by atoms with Crippen molar-refractivity contribution in [3.8, 4) is 0 Å². The van der Waals surface area contributed by atoms with Gasteiger partial charge in [0.1, 0.15) is 0 Å². The monoisotopic (exact) mass is 275 g/mol. The Morgan fingerprint density at radius 2 is 1.19 bits per heavy atom. The fourth-order valence-electron chi connectivity index (χ4n) is 1.02. The van der Waals surface area contributed by atoms with Gasteiger partial charge in [0.25, 0.3) is 0 Å². The summed E-state index contributed by atoms with van der Waals surface area (Å²) in [7, 11) is -10.7. The van der Waals surface area contributed by atoms with Crippen molar-refractivity contribution in [2.75, 3.05) is 6.54 Å². The Bertz CT molecular complexity index is 170. The van der Waals surface area contributed by atoms with E-state index in [1.54, 1.807) is 0 Å². The molecule has 0 fully saturated rings. The summed E-state index contributed by atoms with van der Waals surface area (Å²) in [6, 6.07) is 0.880. The molecule has 0 rings (SSSR count). The van der Waals surface area contributed by atoms with E-state index in [0.29, 0.717) is 0 Å². The van der Waals surface area contributed by atoms with E-state index in [1.807, 2.05) is 0 Å². The Morgan fingerprint density at radius 3 is 1.38 bits per heavy atom.